The Labute approximate surface area is 187 Å². The lowest BCUT2D eigenvalue weighted by atomic mass is 10.1. The van der Waals surface area contributed by atoms with Crippen LogP contribution in [0.15, 0.2) is 18.2 Å². The highest BCUT2D eigenvalue weighted by Crippen LogP contribution is 2.17. The molecule has 32 heavy (non-hydrogen) atoms. The first-order valence-electron chi connectivity index (χ1n) is 10.2. The van der Waals surface area contributed by atoms with Gasteiger partial charge in [-0.05, 0) is 18.2 Å². The zero-order valence-corrected chi connectivity index (χ0v) is 18.3. The van der Waals surface area contributed by atoms with Gasteiger partial charge in [-0.3, -0.25) is 0 Å². The van der Waals surface area contributed by atoms with Crippen LogP contribution in [0, 0.1) is 0 Å². The third-order valence-corrected chi connectivity index (χ3v) is 3.82. The summed E-state index contributed by atoms with van der Waals surface area (Å²) in [5.74, 6) is -2.31. The van der Waals surface area contributed by atoms with E-state index < -0.39 is 11.9 Å². The van der Waals surface area contributed by atoms with Crippen LogP contribution in [0.25, 0.3) is 0 Å². The van der Waals surface area contributed by atoms with Gasteiger partial charge in [0.2, 0.25) is 0 Å². The second kappa shape index (κ2) is 18.3. The zero-order chi connectivity index (χ0) is 23.4. The molecular weight excluding hydrogens is 428 g/mol. The number of methoxy groups -OCH3 is 1. The Morgan fingerprint density at radius 1 is 0.594 bits per heavy atom. The first kappa shape index (κ1) is 27.8. The maximum Gasteiger partial charge on any atom is 0.335 e. The summed E-state index contributed by atoms with van der Waals surface area (Å²) < 4.78 is 36.9. The number of carboxylic acids is 2. The molecule has 0 saturated carbocycles. The molecule has 0 radical (unpaired) electrons. The molecule has 1 aromatic rings. The van der Waals surface area contributed by atoms with Crippen molar-refractivity contribution >= 4 is 11.9 Å². The zero-order valence-electron chi connectivity index (χ0n) is 18.3. The highest BCUT2D eigenvalue weighted by atomic mass is 16.6. The molecule has 0 unspecified atom stereocenters. The van der Waals surface area contributed by atoms with Crippen LogP contribution in [-0.2, 0) is 28.4 Å². The summed E-state index contributed by atoms with van der Waals surface area (Å²) in [5.41, 5.74) is -0.315. The van der Waals surface area contributed by atoms with E-state index in [1.807, 2.05) is 0 Å². The third kappa shape index (κ3) is 13.9. The van der Waals surface area contributed by atoms with Crippen molar-refractivity contribution in [3.05, 3.63) is 29.3 Å². The molecule has 0 aliphatic heterocycles. The molecule has 1 rings (SSSR count). The first-order valence-corrected chi connectivity index (χ1v) is 10.2. The molecule has 0 bridgehead atoms. The minimum absolute atomic E-state index is 0.142. The number of carbonyl (C=O) groups is 2. The summed E-state index contributed by atoms with van der Waals surface area (Å²) in [4.78, 5) is 22.1. The summed E-state index contributed by atoms with van der Waals surface area (Å²) in [6.07, 6.45) is 0. The molecule has 0 fully saturated rings. The molecule has 0 aliphatic rings. The average Bonchev–Trinajstić information content (AvgIpc) is 2.78. The summed E-state index contributed by atoms with van der Waals surface area (Å²) in [5, 5.41) is 18.1. The molecule has 182 valence electrons. The smallest absolute Gasteiger partial charge is 0.335 e. The molecule has 2 N–H and O–H groups in total. The minimum atomic E-state index is -1.23. The largest absolute Gasteiger partial charge is 0.491 e. The standard InChI is InChI=1S/C21H32O11/c1-26-2-3-27-4-5-28-6-7-29-8-9-30-10-11-31-12-13-32-19-15-17(20(22)23)14-18(16-19)21(24)25/h14-16H,2-13H2,1H3,(H,22,23)(H,24,25). The summed E-state index contributed by atoms with van der Waals surface area (Å²) in [6.45, 7) is 5.12. The molecule has 0 atom stereocenters. The molecule has 0 spiro atoms. The van der Waals surface area contributed by atoms with E-state index in [-0.39, 0.29) is 30.1 Å². The van der Waals surface area contributed by atoms with Gasteiger partial charge in [0.15, 0.2) is 0 Å². The summed E-state index contributed by atoms with van der Waals surface area (Å²) >= 11 is 0. The van der Waals surface area contributed by atoms with Crippen LogP contribution in [-0.4, -0.2) is 109 Å². The van der Waals surface area contributed by atoms with E-state index in [9.17, 15) is 9.59 Å². The molecule has 0 saturated heterocycles. The SMILES string of the molecule is COCCOCCOCCOCCOCCOCCOc1cc(C(=O)O)cc(C(=O)O)c1. The quantitative estimate of drug-likeness (QED) is 0.256. The Morgan fingerprint density at radius 2 is 0.938 bits per heavy atom. The van der Waals surface area contributed by atoms with Gasteiger partial charge in [-0.15, -0.1) is 0 Å². The van der Waals surface area contributed by atoms with E-state index in [2.05, 4.69) is 0 Å². The molecule has 11 nitrogen and oxygen atoms in total. The van der Waals surface area contributed by atoms with Crippen LogP contribution in [0.5, 0.6) is 5.75 Å². The number of benzene rings is 1. The number of hydrogen-bond acceptors (Lipinski definition) is 9. The lowest BCUT2D eigenvalue weighted by molar-refractivity contribution is -0.0159. The lowest BCUT2D eigenvalue weighted by Crippen LogP contribution is -2.14. The first-order chi connectivity index (χ1) is 15.5. The monoisotopic (exact) mass is 460 g/mol. The fourth-order valence-corrected chi connectivity index (χ4v) is 2.27. The Bertz CT molecular complexity index is 618. The summed E-state index contributed by atoms with van der Waals surface area (Å²) in [6, 6.07) is 3.60. The van der Waals surface area contributed by atoms with Gasteiger partial charge >= 0.3 is 11.9 Å². The number of rotatable bonds is 21. The van der Waals surface area contributed by atoms with E-state index >= 15 is 0 Å². The van der Waals surface area contributed by atoms with Gasteiger partial charge in [-0.2, -0.15) is 0 Å². The van der Waals surface area contributed by atoms with Crippen LogP contribution in [0.4, 0.5) is 0 Å². The molecular formula is C21H32O11. The van der Waals surface area contributed by atoms with E-state index in [1.54, 1.807) is 7.11 Å². The molecule has 0 amide bonds. The average molecular weight is 460 g/mol. The maximum absolute atomic E-state index is 11.1. The summed E-state index contributed by atoms with van der Waals surface area (Å²) in [7, 11) is 1.62. The Hall–Kier alpha value is -2.28. The topological polar surface area (TPSA) is 139 Å². The molecule has 0 aromatic heterocycles. The van der Waals surface area contributed by atoms with Crippen molar-refractivity contribution in [2.45, 2.75) is 0 Å². The van der Waals surface area contributed by atoms with E-state index in [0.29, 0.717) is 66.1 Å². The van der Waals surface area contributed by atoms with Gasteiger partial charge in [0, 0.05) is 7.11 Å². The third-order valence-electron chi connectivity index (χ3n) is 3.82. The molecule has 1 aromatic carbocycles. The van der Waals surface area contributed by atoms with E-state index in [4.69, 9.17) is 43.4 Å². The van der Waals surface area contributed by atoms with Crippen molar-refractivity contribution in [3.8, 4) is 5.75 Å². The van der Waals surface area contributed by atoms with Crippen molar-refractivity contribution < 1.29 is 53.0 Å². The van der Waals surface area contributed by atoms with Gasteiger partial charge in [-0.1, -0.05) is 0 Å². The predicted molar refractivity (Wildman–Crippen MR) is 112 cm³/mol. The van der Waals surface area contributed by atoms with Crippen molar-refractivity contribution in [2.24, 2.45) is 0 Å². The van der Waals surface area contributed by atoms with Crippen molar-refractivity contribution in [3.63, 3.8) is 0 Å². The van der Waals surface area contributed by atoms with Crippen LogP contribution < -0.4 is 4.74 Å². The van der Waals surface area contributed by atoms with Gasteiger partial charge in [0.05, 0.1) is 83.8 Å². The normalized spacial score (nSPS) is 10.9. The van der Waals surface area contributed by atoms with Crippen LogP contribution in [0.2, 0.25) is 0 Å². The maximum atomic E-state index is 11.1. The van der Waals surface area contributed by atoms with Crippen LogP contribution in [0.3, 0.4) is 0 Å². The number of aromatic carboxylic acids is 2. The van der Waals surface area contributed by atoms with E-state index in [1.165, 1.54) is 12.1 Å². The lowest BCUT2D eigenvalue weighted by Gasteiger charge is -2.10. The highest BCUT2D eigenvalue weighted by Gasteiger charge is 2.12. The molecule has 0 aliphatic carbocycles. The van der Waals surface area contributed by atoms with Gasteiger partial charge in [-0.25, -0.2) is 9.59 Å². The Balaban J connectivity index is 1.94. The number of hydrogen-bond donors (Lipinski definition) is 2. The van der Waals surface area contributed by atoms with Crippen molar-refractivity contribution in [1.82, 2.24) is 0 Å². The van der Waals surface area contributed by atoms with E-state index in [0.717, 1.165) is 6.07 Å². The minimum Gasteiger partial charge on any atom is -0.491 e. The van der Waals surface area contributed by atoms with Gasteiger partial charge in [0.1, 0.15) is 12.4 Å². The second-order valence-corrected chi connectivity index (χ2v) is 6.26. The fourth-order valence-electron chi connectivity index (χ4n) is 2.27. The van der Waals surface area contributed by atoms with Gasteiger partial charge in [0.25, 0.3) is 0 Å². The number of carboxylic acid groups (broad SMARTS) is 2. The van der Waals surface area contributed by atoms with Crippen molar-refractivity contribution in [1.29, 1.82) is 0 Å². The number of ether oxygens (including phenoxy) is 7. The van der Waals surface area contributed by atoms with Crippen molar-refractivity contribution in [2.75, 3.05) is 86.4 Å². The highest BCUT2D eigenvalue weighted by molar-refractivity contribution is 5.94. The van der Waals surface area contributed by atoms with Crippen LogP contribution >= 0.6 is 0 Å². The fraction of sp³-hybridized carbons (Fsp3) is 0.619. The molecule has 0 heterocycles. The van der Waals surface area contributed by atoms with Gasteiger partial charge < -0.3 is 43.4 Å². The van der Waals surface area contributed by atoms with Crippen LogP contribution in [0.1, 0.15) is 20.7 Å². The molecule has 11 heteroatoms. The second-order valence-electron chi connectivity index (χ2n) is 6.26. The Morgan fingerprint density at radius 3 is 1.28 bits per heavy atom. The Kier molecular flexibility index (Phi) is 15.9. The predicted octanol–water partition coefficient (Wildman–Crippen LogP) is 1.19.